The van der Waals surface area contributed by atoms with Crippen molar-refractivity contribution in [2.45, 2.75) is 45.6 Å². The van der Waals surface area contributed by atoms with Crippen molar-refractivity contribution < 1.29 is 0 Å². The number of rotatable bonds is 5. The molecule has 4 heteroatoms. The van der Waals surface area contributed by atoms with Crippen LogP contribution in [-0.2, 0) is 0 Å². The van der Waals surface area contributed by atoms with Gasteiger partial charge in [0.25, 0.3) is 0 Å². The van der Waals surface area contributed by atoms with E-state index in [4.69, 9.17) is 5.73 Å². The molecule has 0 aliphatic carbocycles. The Kier molecular flexibility index (Phi) is 4.24. The van der Waals surface area contributed by atoms with E-state index in [0.29, 0.717) is 18.4 Å². The van der Waals surface area contributed by atoms with Crippen LogP contribution in [0.2, 0.25) is 0 Å². The fraction of sp³-hybridized carbons (Fsp3) is 0.667. The van der Waals surface area contributed by atoms with Gasteiger partial charge in [-0.1, -0.05) is 13.8 Å². The molecule has 3 N–H and O–H groups in total. The summed E-state index contributed by atoms with van der Waals surface area (Å²) >= 11 is 0. The minimum absolute atomic E-state index is 0.0614. The molecule has 1 aromatic rings. The van der Waals surface area contributed by atoms with Crippen LogP contribution < -0.4 is 11.1 Å². The van der Waals surface area contributed by atoms with E-state index in [1.165, 1.54) is 0 Å². The highest BCUT2D eigenvalue weighted by atomic mass is 15.1. The first kappa shape index (κ1) is 12.9. The summed E-state index contributed by atoms with van der Waals surface area (Å²) in [5.74, 6) is 1.13. The molecule has 1 aromatic heterocycles. The quantitative estimate of drug-likeness (QED) is 0.801. The normalized spacial score (nSPS) is 11.9. The van der Waals surface area contributed by atoms with Crippen LogP contribution in [-0.4, -0.2) is 22.1 Å². The van der Waals surface area contributed by atoms with E-state index in [1.807, 2.05) is 12.4 Å². The zero-order chi connectivity index (χ0) is 12.2. The van der Waals surface area contributed by atoms with Crippen molar-refractivity contribution in [3.8, 4) is 0 Å². The van der Waals surface area contributed by atoms with E-state index in [2.05, 4.69) is 43.0 Å². The van der Waals surface area contributed by atoms with Crippen LogP contribution in [0.1, 0.15) is 45.6 Å². The van der Waals surface area contributed by atoms with Crippen molar-refractivity contribution in [1.29, 1.82) is 0 Å². The van der Waals surface area contributed by atoms with E-state index in [-0.39, 0.29) is 5.54 Å². The second-order valence-corrected chi connectivity index (χ2v) is 5.04. The first-order chi connectivity index (χ1) is 7.44. The van der Waals surface area contributed by atoms with Crippen LogP contribution in [0, 0.1) is 0 Å². The predicted molar refractivity (Wildman–Crippen MR) is 67.5 cm³/mol. The third-order valence-corrected chi connectivity index (χ3v) is 2.56. The zero-order valence-electron chi connectivity index (χ0n) is 10.6. The highest BCUT2D eigenvalue weighted by Gasteiger charge is 2.17. The number of nitrogens with zero attached hydrogens (tertiary/aromatic N) is 2. The van der Waals surface area contributed by atoms with Crippen molar-refractivity contribution in [2.75, 3.05) is 11.9 Å². The minimum Gasteiger partial charge on any atom is -0.349 e. The third-order valence-electron chi connectivity index (χ3n) is 2.56. The van der Waals surface area contributed by atoms with Gasteiger partial charge in [-0.25, -0.2) is 9.97 Å². The smallest absolute Gasteiger partial charge is 0.223 e. The fourth-order valence-electron chi connectivity index (χ4n) is 1.43. The zero-order valence-corrected chi connectivity index (χ0v) is 10.6. The lowest BCUT2D eigenvalue weighted by Gasteiger charge is -2.25. The van der Waals surface area contributed by atoms with Crippen molar-refractivity contribution in [3.63, 3.8) is 0 Å². The Balaban J connectivity index is 2.68. The average Bonchev–Trinajstić information content (AvgIpc) is 2.17. The van der Waals surface area contributed by atoms with Crippen LogP contribution >= 0.6 is 0 Å². The van der Waals surface area contributed by atoms with Gasteiger partial charge in [0.1, 0.15) is 0 Å². The molecule has 0 saturated carbocycles. The monoisotopic (exact) mass is 222 g/mol. The van der Waals surface area contributed by atoms with Gasteiger partial charge in [0.2, 0.25) is 5.95 Å². The molecule has 0 fully saturated rings. The highest BCUT2D eigenvalue weighted by Crippen LogP contribution is 2.16. The molecule has 0 aliphatic rings. The topological polar surface area (TPSA) is 63.8 Å². The molecule has 0 atom stereocenters. The molecule has 0 saturated heterocycles. The summed E-state index contributed by atoms with van der Waals surface area (Å²) in [6, 6.07) is 0. The van der Waals surface area contributed by atoms with Gasteiger partial charge in [-0.05, 0) is 38.3 Å². The van der Waals surface area contributed by atoms with Gasteiger partial charge >= 0.3 is 0 Å². The number of aromatic nitrogens is 2. The maximum atomic E-state index is 5.55. The van der Waals surface area contributed by atoms with Crippen molar-refractivity contribution >= 4 is 5.95 Å². The molecule has 0 spiro atoms. The molecule has 0 radical (unpaired) electrons. The molecular weight excluding hydrogens is 200 g/mol. The lowest BCUT2D eigenvalue weighted by Crippen LogP contribution is -2.34. The molecule has 0 unspecified atom stereocenters. The number of nitrogens with one attached hydrogen (secondary N) is 1. The Labute approximate surface area is 97.7 Å². The Morgan fingerprint density at radius 3 is 2.31 bits per heavy atom. The highest BCUT2D eigenvalue weighted by molar-refractivity contribution is 5.29. The first-order valence-electron chi connectivity index (χ1n) is 5.75. The Morgan fingerprint density at radius 1 is 1.31 bits per heavy atom. The summed E-state index contributed by atoms with van der Waals surface area (Å²) in [4.78, 5) is 8.61. The van der Waals surface area contributed by atoms with Crippen molar-refractivity contribution in [2.24, 2.45) is 5.73 Å². The molecule has 1 rings (SSSR count). The Hall–Kier alpha value is -1.16. The lowest BCUT2D eigenvalue weighted by atomic mass is 10.0. The molecule has 4 nitrogen and oxygen atoms in total. The minimum atomic E-state index is -0.0614. The SMILES string of the molecule is CC(C)c1cnc(NC(C)(C)CCN)nc1. The molecular formula is C12H22N4. The third kappa shape index (κ3) is 3.77. The molecule has 0 aromatic carbocycles. The summed E-state index contributed by atoms with van der Waals surface area (Å²) in [6.07, 6.45) is 4.64. The largest absolute Gasteiger partial charge is 0.349 e. The van der Waals surface area contributed by atoms with Gasteiger partial charge in [0.05, 0.1) is 0 Å². The molecule has 0 bridgehead atoms. The van der Waals surface area contributed by atoms with E-state index >= 15 is 0 Å². The summed E-state index contributed by atoms with van der Waals surface area (Å²) in [6.45, 7) is 9.11. The Bertz CT molecular complexity index is 316. The predicted octanol–water partition coefficient (Wildman–Crippen LogP) is 2.14. The van der Waals surface area contributed by atoms with Crippen LogP contribution in [0.25, 0.3) is 0 Å². The number of anilines is 1. The summed E-state index contributed by atoms with van der Waals surface area (Å²) in [5.41, 5.74) is 6.64. The standard InChI is InChI=1S/C12H22N4/c1-9(2)10-7-14-11(15-8-10)16-12(3,4)5-6-13/h7-9H,5-6,13H2,1-4H3,(H,14,15,16). The van der Waals surface area contributed by atoms with Gasteiger partial charge in [-0.15, -0.1) is 0 Å². The van der Waals surface area contributed by atoms with Gasteiger partial charge < -0.3 is 11.1 Å². The van der Waals surface area contributed by atoms with Crippen LogP contribution in [0.3, 0.4) is 0 Å². The molecule has 90 valence electrons. The summed E-state index contributed by atoms with van der Waals surface area (Å²) in [7, 11) is 0. The van der Waals surface area contributed by atoms with Crippen LogP contribution in [0.4, 0.5) is 5.95 Å². The van der Waals surface area contributed by atoms with Crippen molar-refractivity contribution in [3.05, 3.63) is 18.0 Å². The van der Waals surface area contributed by atoms with Gasteiger partial charge in [0.15, 0.2) is 0 Å². The number of hydrogen-bond acceptors (Lipinski definition) is 4. The van der Waals surface area contributed by atoms with E-state index in [1.54, 1.807) is 0 Å². The molecule has 1 heterocycles. The lowest BCUT2D eigenvalue weighted by molar-refractivity contribution is 0.522. The molecule has 0 amide bonds. The molecule has 0 aliphatic heterocycles. The van der Waals surface area contributed by atoms with Crippen LogP contribution in [0.15, 0.2) is 12.4 Å². The number of nitrogens with two attached hydrogens (primary N) is 1. The van der Waals surface area contributed by atoms with E-state index < -0.39 is 0 Å². The second kappa shape index (κ2) is 5.25. The maximum absolute atomic E-state index is 5.55. The maximum Gasteiger partial charge on any atom is 0.223 e. The van der Waals surface area contributed by atoms with Gasteiger partial charge in [-0.3, -0.25) is 0 Å². The first-order valence-corrected chi connectivity index (χ1v) is 5.75. The van der Waals surface area contributed by atoms with Gasteiger partial charge in [0, 0.05) is 17.9 Å². The molecule has 16 heavy (non-hydrogen) atoms. The summed E-state index contributed by atoms with van der Waals surface area (Å²) in [5, 5.41) is 3.28. The average molecular weight is 222 g/mol. The Morgan fingerprint density at radius 2 is 1.88 bits per heavy atom. The second-order valence-electron chi connectivity index (χ2n) is 5.04. The fourth-order valence-corrected chi connectivity index (χ4v) is 1.43. The number of hydrogen-bond donors (Lipinski definition) is 2. The van der Waals surface area contributed by atoms with Crippen molar-refractivity contribution in [1.82, 2.24) is 9.97 Å². The van der Waals surface area contributed by atoms with E-state index in [0.717, 1.165) is 12.0 Å². The van der Waals surface area contributed by atoms with Gasteiger partial charge in [-0.2, -0.15) is 0 Å². The summed E-state index contributed by atoms with van der Waals surface area (Å²) < 4.78 is 0. The van der Waals surface area contributed by atoms with E-state index in [9.17, 15) is 0 Å². The van der Waals surface area contributed by atoms with Crippen LogP contribution in [0.5, 0.6) is 0 Å².